The van der Waals surface area contributed by atoms with Crippen LogP contribution in [-0.4, -0.2) is 16.5 Å². The highest BCUT2D eigenvalue weighted by atomic mass is 79.9. The van der Waals surface area contributed by atoms with Gasteiger partial charge in [-0.05, 0) is 60.0 Å². The molecular formula is C14H16Br2N4. The second kappa shape index (κ2) is 6.54. The molecule has 0 saturated carbocycles. The van der Waals surface area contributed by atoms with Gasteiger partial charge in [0.1, 0.15) is 5.82 Å². The predicted octanol–water partition coefficient (Wildman–Crippen LogP) is 4.79. The van der Waals surface area contributed by atoms with Gasteiger partial charge in [0.2, 0.25) is 5.95 Å². The lowest BCUT2D eigenvalue weighted by Crippen LogP contribution is -2.05. The molecule has 0 radical (unpaired) electrons. The Kier molecular flexibility index (Phi) is 4.99. The Morgan fingerprint density at radius 2 is 1.80 bits per heavy atom. The van der Waals surface area contributed by atoms with Gasteiger partial charge in [-0.15, -0.1) is 0 Å². The zero-order valence-corrected chi connectivity index (χ0v) is 14.8. The van der Waals surface area contributed by atoms with Crippen LogP contribution >= 0.6 is 31.9 Å². The molecule has 1 aromatic heterocycles. The molecule has 0 bridgehead atoms. The van der Waals surface area contributed by atoms with Crippen molar-refractivity contribution in [3.05, 3.63) is 38.4 Å². The van der Waals surface area contributed by atoms with Crippen molar-refractivity contribution in [1.82, 2.24) is 9.97 Å². The molecule has 0 spiro atoms. The molecule has 0 atom stereocenters. The van der Waals surface area contributed by atoms with Crippen LogP contribution in [0.5, 0.6) is 0 Å². The fraction of sp³-hybridized carbons (Fsp3) is 0.286. The number of aromatic nitrogens is 2. The first-order valence-electron chi connectivity index (χ1n) is 6.31. The van der Waals surface area contributed by atoms with Crippen LogP contribution in [0.15, 0.2) is 27.3 Å². The number of hydrogen-bond donors (Lipinski definition) is 2. The van der Waals surface area contributed by atoms with Gasteiger partial charge in [-0.3, -0.25) is 0 Å². The van der Waals surface area contributed by atoms with Crippen molar-refractivity contribution in [2.24, 2.45) is 0 Å². The first-order chi connectivity index (χ1) is 9.51. The molecule has 2 aromatic rings. The zero-order valence-electron chi connectivity index (χ0n) is 11.6. The van der Waals surface area contributed by atoms with E-state index in [1.54, 1.807) is 6.20 Å². The Balaban J connectivity index is 2.37. The van der Waals surface area contributed by atoms with Crippen LogP contribution in [0.3, 0.4) is 0 Å². The predicted molar refractivity (Wildman–Crippen MR) is 90.8 cm³/mol. The third kappa shape index (κ3) is 3.49. The summed E-state index contributed by atoms with van der Waals surface area (Å²) in [6.45, 7) is 6.94. The molecule has 1 aromatic carbocycles. The van der Waals surface area contributed by atoms with Crippen molar-refractivity contribution in [1.29, 1.82) is 0 Å². The Morgan fingerprint density at radius 3 is 2.40 bits per heavy atom. The summed E-state index contributed by atoms with van der Waals surface area (Å²) >= 11 is 6.98. The number of halogens is 2. The van der Waals surface area contributed by atoms with Crippen molar-refractivity contribution >= 4 is 49.3 Å². The third-order valence-electron chi connectivity index (χ3n) is 2.82. The molecule has 0 saturated heterocycles. The first kappa shape index (κ1) is 15.3. The van der Waals surface area contributed by atoms with Gasteiger partial charge in [0.15, 0.2) is 0 Å². The summed E-state index contributed by atoms with van der Waals surface area (Å²) in [4.78, 5) is 8.68. The fourth-order valence-corrected chi connectivity index (χ4v) is 2.90. The van der Waals surface area contributed by atoms with E-state index in [0.29, 0.717) is 5.95 Å². The minimum atomic E-state index is 0.616. The zero-order chi connectivity index (χ0) is 14.7. The molecule has 0 unspecified atom stereocenters. The molecule has 0 aliphatic rings. The molecule has 106 valence electrons. The van der Waals surface area contributed by atoms with Crippen molar-refractivity contribution < 1.29 is 0 Å². The average molecular weight is 400 g/mol. The standard InChI is InChI=1S/C14H16Br2N4/c1-4-17-14-18-7-11(16)13(20-14)19-12-8(2)5-10(15)6-9(12)3/h5-7H,4H2,1-3H3,(H2,17,18,19,20). The molecule has 0 fully saturated rings. The van der Waals surface area contributed by atoms with Crippen LogP contribution < -0.4 is 10.6 Å². The largest absolute Gasteiger partial charge is 0.354 e. The quantitative estimate of drug-likeness (QED) is 0.775. The molecule has 0 amide bonds. The molecule has 20 heavy (non-hydrogen) atoms. The monoisotopic (exact) mass is 398 g/mol. The minimum absolute atomic E-state index is 0.616. The number of anilines is 3. The number of hydrogen-bond acceptors (Lipinski definition) is 4. The first-order valence-corrected chi connectivity index (χ1v) is 7.90. The lowest BCUT2D eigenvalue weighted by Gasteiger charge is -2.14. The molecule has 6 heteroatoms. The van der Waals surface area contributed by atoms with E-state index in [9.17, 15) is 0 Å². The summed E-state index contributed by atoms with van der Waals surface area (Å²) in [7, 11) is 0. The van der Waals surface area contributed by atoms with Crippen LogP contribution in [0.2, 0.25) is 0 Å². The van der Waals surface area contributed by atoms with E-state index in [2.05, 4.69) is 78.4 Å². The van der Waals surface area contributed by atoms with Gasteiger partial charge in [-0.2, -0.15) is 4.98 Å². The Morgan fingerprint density at radius 1 is 1.15 bits per heavy atom. The van der Waals surface area contributed by atoms with E-state index in [1.165, 1.54) is 0 Å². The van der Waals surface area contributed by atoms with Gasteiger partial charge in [0.25, 0.3) is 0 Å². The topological polar surface area (TPSA) is 49.8 Å². The Bertz CT molecular complexity index is 606. The Hall–Kier alpha value is -1.14. The van der Waals surface area contributed by atoms with E-state index >= 15 is 0 Å². The maximum atomic E-state index is 4.47. The molecule has 1 heterocycles. The van der Waals surface area contributed by atoms with Crippen molar-refractivity contribution in [2.75, 3.05) is 17.2 Å². The van der Waals surface area contributed by atoms with Gasteiger partial charge < -0.3 is 10.6 Å². The van der Waals surface area contributed by atoms with E-state index in [-0.39, 0.29) is 0 Å². The molecule has 0 aliphatic heterocycles. The highest BCUT2D eigenvalue weighted by Gasteiger charge is 2.09. The lowest BCUT2D eigenvalue weighted by atomic mass is 10.1. The van der Waals surface area contributed by atoms with Gasteiger partial charge in [-0.1, -0.05) is 15.9 Å². The van der Waals surface area contributed by atoms with Crippen molar-refractivity contribution in [3.63, 3.8) is 0 Å². The van der Waals surface area contributed by atoms with Crippen LogP contribution in [-0.2, 0) is 0 Å². The molecular weight excluding hydrogens is 384 g/mol. The van der Waals surface area contributed by atoms with Gasteiger partial charge in [0.05, 0.1) is 4.47 Å². The normalized spacial score (nSPS) is 10.4. The van der Waals surface area contributed by atoms with E-state index in [1.807, 2.05) is 6.92 Å². The van der Waals surface area contributed by atoms with Gasteiger partial charge in [-0.25, -0.2) is 4.98 Å². The summed E-state index contributed by atoms with van der Waals surface area (Å²) in [6.07, 6.45) is 1.75. The minimum Gasteiger partial charge on any atom is -0.354 e. The Labute approximate surface area is 135 Å². The number of nitrogens with one attached hydrogen (secondary N) is 2. The highest BCUT2D eigenvalue weighted by molar-refractivity contribution is 9.10. The number of benzene rings is 1. The van der Waals surface area contributed by atoms with Gasteiger partial charge >= 0.3 is 0 Å². The van der Waals surface area contributed by atoms with Crippen LogP contribution in [0.25, 0.3) is 0 Å². The summed E-state index contributed by atoms with van der Waals surface area (Å²) in [5, 5.41) is 6.48. The average Bonchev–Trinajstić information content (AvgIpc) is 2.37. The third-order valence-corrected chi connectivity index (χ3v) is 3.86. The summed E-state index contributed by atoms with van der Waals surface area (Å²) in [5.74, 6) is 1.37. The van der Waals surface area contributed by atoms with E-state index in [0.717, 1.165) is 38.1 Å². The molecule has 4 nitrogen and oxygen atoms in total. The molecule has 2 rings (SSSR count). The van der Waals surface area contributed by atoms with Crippen molar-refractivity contribution in [3.8, 4) is 0 Å². The maximum Gasteiger partial charge on any atom is 0.224 e. The SMILES string of the molecule is CCNc1ncc(Br)c(Nc2c(C)cc(Br)cc2C)n1. The second-order valence-electron chi connectivity index (χ2n) is 4.46. The van der Waals surface area contributed by atoms with Crippen LogP contribution in [0.1, 0.15) is 18.1 Å². The van der Waals surface area contributed by atoms with Crippen molar-refractivity contribution in [2.45, 2.75) is 20.8 Å². The smallest absolute Gasteiger partial charge is 0.224 e. The van der Waals surface area contributed by atoms with Crippen LogP contribution in [0, 0.1) is 13.8 Å². The number of rotatable bonds is 4. The number of nitrogens with zero attached hydrogens (tertiary/aromatic N) is 2. The van der Waals surface area contributed by atoms with Crippen LogP contribution in [0.4, 0.5) is 17.5 Å². The van der Waals surface area contributed by atoms with E-state index < -0.39 is 0 Å². The molecule has 0 aliphatic carbocycles. The lowest BCUT2D eigenvalue weighted by molar-refractivity contribution is 1.08. The second-order valence-corrected chi connectivity index (χ2v) is 6.23. The van der Waals surface area contributed by atoms with E-state index in [4.69, 9.17) is 0 Å². The maximum absolute atomic E-state index is 4.47. The summed E-state index contributed by atoms with van der Waals surface area (Å²) in [6, 6.07) is 4.16. The summed E-state index contributed by atoms with van der Waals surface area (Å²) < 4.78 is 1.91. The number of aryl methyl sites for hydroxylation is 2. The molecule has 2 N–H and O–H groups in total. The fourth-order valence-electron chi connectivity index (χ4n) is 1.92. The summed E-state index contributed by atoms with van der Waals surface area (Å²) in [5.41, 5.74) is 3.38. The van der Waals surface area contributed by atoms with Gasteiger partial charge in [0, 0.05) is 22.9 Å². The highest BCUT2D eigenvalue weighted by Crippen LogP contribution is 2.30.